The molecule has 1 fully saturated rings. The molecule has 0 radical (unpaired) electrons. The number of likely N-dealkylation sites (tertiary alicyclic amines) is 1. The van der Waals surface area contributed by atoms with Gasteiger partial charge in [-0.1, -0.05) is 29.4 Å². The first-order valence-corrected chi connectivity index (χ1v) is 12.4. The number of hydrogen-bond acceptors (Lipinski definition) is 6. The van der Waals surface area contributed by atoms with Crippen molar-refractivity contribution >= 4 is 40.1 Å². The molecular weight excluding hydrogens is 470 g/mol. The molecule has 0 saturated carbocycles. The number of fused-ring (bicyclic) bond motifs is 1. The van der Waals surface area contributed by atoms with Crippen molar-refractivity contribution in [3.05, 3.63) is 73.3 Å². The summed E-state index contributed by atoms with van der Waals surface area (Å²) in [4.78, 5) is 25.1. The topological polar surface area (TPSA) is 94.0 Å². The molecule has 1 amide bonds. The molecule has 2 aliphatic rings. The Hall–Kier alpha value is -3.25. The van der Waals surface area contributed by atoms with E-state index in [2.05, 4.69) is 16.0 Å². The fraction of sp³-hybridized carbons (Fsp3) is 0.280. The highest BCUT2D eigenvalue weighted by atomic mass is 35.5. The van der Waals surface area contributed by atoms with E-state index in [1.807, 2.05) is 0 Å². The number of piperidine rings is 1. The predicted octanol–water partition coefficient (Wildman–Crippen LogP) is 2.86. The molecule has 3 aromatic rings. The van der Waals surface area contributed by atoms with Crippen molar-refractivity contribution in [3.8, 4) is 11.9 Å². The Labute approximate surface area is 205 Å². The van der Waals surface area contributed by atoms with Crippen LogP contribution in [0.3, 0.4) is 0 Å². The van der Waals surface area contributed by atoms with Crippen molar-refractivity contribution in [3.63, 3.8) is 0 Å². The van der Waals surface area contributed by atoms with E-state index in [9.17, 15) is 9.90 Å². The fourth-order valence-corrected chi connectivity index (χ4v) is 5.60. The largest absolute Gasteiger partial charge is 0.493 e. The Morgan fingerprint density at radius 2 is 1.88 bits per heavy atom. The lowest BCUT2D eigenvalue weighted by Crippen LogP contribution is -2.33. The number of thiazole rings is 1. The minimum atomic E-state index is -0.401. The van der Waals surface area contributed by atoms with Crippen molar-refractivity contribution in [1.82, 2.24) is 9.47 Å². The Morgan fingerprint density at radius 1 is 1.12 bits per heavy atom. The van der Waals surface area contributed by atoms with Crippen LogP contribution in [-0.2, 0) is 11.3 Å². The first-order chi connectivity index (χ1) is 16.5. The summed E-state index contributed by atoms with van der Waals surface area (Å²) >= 11 is 7.44. The van der Waals surface area contributed by atoms with Crippen molar-refractivity contribution < 1.29 is 9.90 Å². The number of aromatic hydroxyl groups is 1. The van der Waals surface area contributed by atoms with Gasteiger partial charge in [-0.2, -0.15) is 5.26 Å². The first kappa shape index (κ1) is 22.5. The lowest BCUT2D eigenvalue weighted by Gasteiger charge is -2.26. The number of halogens is 1. The van der Waals surface area contributed by atoms with Gasteiger partial charge in [0.1, 0.15) is 4.88 Å². The quantitative estimate of drug-likeness (QED) is 0.593. The maximum absolute atomic E-state index is 12.8. The van der Waals surface area contributed by atoms with Gasteiger partial charge in [-0.15, -0.1) is 0 Å². The molecule has 9 heteroatoms. The molecular formula is C25H22ClN5O2S. The van der Waals surface area contributed by atoms with Gasteiger partial charge in [0.05, 0.1) is 28.3 Å². The number of benzene rings is 2. The second-order valence-corrected chi connectivity index (χ2v) is 9.73. The number of aromatic nitrogens is 1. The summed E-state index contributed by atoms with van der Waals surface area (Å²) in [5.41, 5.74) is 1.55. The van der Waals surface area contributed by atoms with Crippen LogP contribution in [-0.4, -0.2) is 40.1 Å². The minimum Gasteiger partial charge on any atom is -0.493 e. The second kappa shape index (κ2) is 9.55. The summed E-state index contributed by atoms with van der Waals surface area (Å²) in [5.74, 6) is -0.400. The Bertz CT molecular complexity index is 1490. The zero-order valence-electron chi connectivity index (χ0n) is 18.4. The fourth-order valence-electron chi connectivity index (χ4n) is 4.30. The average Bonchev–Trinajstić information content (AvgIpc) is 3.33. The van der Waals surface area contributed by atoms with Gasteiger partial charge in [0.2, 0.25) is 5.88 Å². The third kappa shape index (κ3) is 4.42. The van der Waals surface area contributed by atoms with Crippen molar-refractivity contribution in [2.75, 3.05) is 19.6 Å². The van der Waals surface area contributed by atoms with Gasteiger partial charge in [-0.05, 0) is 68.4 Å². The van der Waals surface area contributed by atoms with E-state index < -0.39 is 5.91 Å². The number of rotatable bonds is 5. The number of carbonyl (C=O) groups is 1. The molecule has 1 saturated heterocycles. The Morgan fingerprint density at radius 3 is 2.62 bits per heavy atom. The average molecular weight is 492 g/mol. The van der Waals surface area contributed by atoms with Gasteiger partial charge in [0.25, 0.3) is 5.91 Å². The molecule has 0 unspecified atom stereocenters. The molecule has 0 aliphatic carbocycles. The van der Waals surface area contributed by atoms with Gasteiger partial charge in [-0.3, -0.25) is 9.36 Å². The Kier molecular flexibility index (Phi) is 6.33. The standard InChI is InChI=1S/C25H22ClN5O2S/c26-17-6-9-20-19(14-17)21(23(32)29-20)22-24(33)31(13-12-30-10-2-1-3-11-30)25(34-22)28-18-7-4-16(15-27)5-8-18/h4-9,14,33H,1-3,10-13H2. The van der Waals surface area contributed by atoms with E-state index in [1.165, 1.54) is 30.6 Å². The van der Waals surface area contributed by atoms with Gasteiger partial charge < -0.3 is 10.0 Å². The lowest BCUT2D eigenvalue weighted by molar-refractivity contribution is -0.112. The van der Waals surface area contributed by atoms with Crippen LogP contribution in [0.1, 0.15) is 29.7 Å². The molecule has 3 heterocycles. The van der Waals surface area contributed by atoms with E-state index in [1.54, 1.807) is 47.0 Å². The summed E-state index contributed by atoms with van der Waals surface area (Å²) in [6, 6.07) is 14.2. The molecule has 1 N–H and O–H groups in total. The number of nitriles is 1. The summed E-state index contributed by atoms with van der Waals surface area (Å²) in [7, 11) is 0. The summed E-state index contributed by atoms with van der Waals surface area (Å²) in [6.45, 7) is 3.40. The van der Waals surface area contributed by atoms with Gasteiger partial charge in [0, 0.05) is 23.3 Å². The second-order valence-electron chi connectivity index (χ2n) is 8.32. The molecule has 0 atom stereocenters. The van der Waals surface area contributed by atoms with Crippen molar-refractivity contribution in [2.24, 2.45) is 9.98 Å². The lowest BCUT2D eigenvalue weighted by atomic mass is 10.1. The highest BCUT2D eigenvalue weighted by Gasteiger charge is 2.26. The normalized spacial score (nSPS) is 16.4. The van der Waals surface area contributed by atoms with Gasteiger partial charge in [0.15, 0.2) is 4.80 Å². The smallest absolute Gasteiger partial charge is 0.279 e. The van der Waals surface area contributed by atoms with Crippen LogP contribution in [0.5, 0.6) is 5.88 Å². The molecule has 2 aliphatic heterocycles. The predicted molar refractivity (Wildman–Crippen MR) is 130 cm³/mol. The number of carbonyl (C=O) groups excluding carboxylic acids is 1. The van der Waals surface area contributed by atoms with Crippen LogP contribution in [0.4, 0.5) is 5.69 Å². The molecule has 2 aromatic carbocycles. The minimum absolute atomic E-state index is 0.000722. The van der Waals surface area contributed by atoms with Crippen LogP contribution in [0, 0.1) is 11.3 Å². The molecule has 7 nitrogen and oxygen atoms in total. The highest BCUT2D eigenvalue weighted by Crippen LogP contribution is 2.29. The van der Waals surface area contributed by atoms with E-state index in [0.29, 0.717) is 48.6 Å². The van der Waals surface area contributed by atoms with Crippen LogP contribution in [0.2, 0.25) is 5.02 Å². The third-order valence-electron chi connectivity index (χ3n) is 6.08. The van der Waals surface area contributed by atoms with E-state index in [0.717, 1.165) is 19.6 Å². The van der Waals surface area contributed by atoms with E-state index in [-0.39, 0.29) is 5.88 Å². The molecule has 0 bridgehead atoms. The summed E-state index contributed by atoms with van der Waals surface area (Å²) in [6.07, 6.45) is 3.61. The number of hydrogen-bond donors (Lipinski definition) is 1. The monoisotopic (exact) mass is 491 g/mol. The third-order valence-corrected chi connectivity index (χ3v) is 7.40. The number of nitrogens with zero attached hydrogens (tertiary/aromatic N) is 5. The first-order valence-electron chi connectivity index (χ1n) is 11.2. The van der Waals surface area contributed by atoms with Gasteiger partial charge >= 0.3 is 0 Å². The molecule has 172 valence electrons. The zero-order chi connectivity index (χ0) is 23.7. The van der Waals surface area contributed by atoms with Crippen molar-refractivity contribution in [1.29, 1.82) is 5.26 Å². The van der Waals surface area contributed by atoms with E-state index in [4.69, 9.17) is 21.9 Å². The van der Waals surface area contributed by atoms with Crippen LogP contribution in [0.15, 0.2) is 52.4 Å². The van der Waals surface area contributed by atoms with Crippen LogP contribution < -0.4 is 15.4 Å². The van der Waals surface area contributed by atoms with Crippen LogP contribution >= 0.6 is 22.9 Å². The van der Waals surface area contributed by atoms with E-state index >= 15 is 0 Å². The summed E-state index contributed by atoms with van der Waals surface area (Å²) in [5, 5.41) is 22.0. The summed E-state index contributed by atoms with van der Waals surface area (Å²) < 4.78 is 1.76. The maximum atomic E-state index is 12.8. The van der Waals surface area contributed by atoms with Gasteiger partial charge in [-0.25, -0.2) is 9.98 Å². The highest BCUT2D eigenvalue weighted by molar-refractivity contribution is 7.11. The van der Waals surface area contributed by atoms with Crippen molar-refractivity contribution in [2.45, 2.75) is 25.8 Å². The molecule has 34 heavy (non-hydrogen) atoms. The molecule has 0 spiro atoms. The Balaban J connectivity index is 1.63. The SMILES string of the molecule is N#Cc1ccc(N=c2sc(C3=c4cc(Cl)ccc4=NC3=O)c(O)n2CCN2CCCCC2)cc1. The maximum Gasteiger partial charge on any atom is 0.279 e. The van der Waals surface area contributed by atoms with Crippen LogP contribution in [0.25, 0.3) is 5.57 Å². The molecule has 5 rings (SSSR count). The zero-order valence-corrected chi connectivity index (χ0v) is 19.9. The molecule has 1 aromatic heterocycles. The number of amides is 1.